The van der Waals surface area contributed by atoms with Gasteiger partial charge in [-0.05, 0) is 17.7 Å². The van der Waals surface area contributed by atoms with Gasteiger partial charge in [0.15, 0.2) is 0 Å². The van der Waals surface area contributed by atoms with Crippen molar-refractivity contribution >= 4 is 28.3 Å². The van der Waals surface area contributed by atoms with Gasteiger partial charge >= 0.3 is 0 Å². The topological polar surface area (TPSA) is 39.1 Å². The molecule has 0 aliphatic carbocycles. The Hall–Kier alpha value is -1.09. The van der Waals surface area contributed by atoms with Gasteiger partial charge < -0.3 is 10.2 Å². The molecule has 0 unspecified atom stereocenters. The van der Waals surface area contributed by atoms with E-state index in [1.54, 1.807) is 11.8 Å². The third-order valence-electron chi connectivity index (χ3n) is 2.82. The molecular weight excluding hydrogens is 262 g/mol. The predicted molar refractivity (Wildman–Crippen MR) is 79.5 cm³/mol. The number of hydrogen-bond donors (Lipinski definition) is 1. The van der Waals surface area contributed by atoms with E-state index in [-0.39, 0.29) is 0 Å². The highest BCUT2D eigenvalue weighted by Crippen LogP contribution is 2.17. The summed E-state index contributed by atoms with van der Waals surface area (Å²) in [6, 6.07) is 9.81. The van der Waals surface area contributed by atoms with Crippen LogP contribution in [0.15, 0.2) is 24.3 Å². The molecule has 2 rings (SSSR count). The maximum Gasteiger partial charge on any atom is 0.136 e. The van der Waals surface area contributed by atoms with E-state index in [2.05, 4.69) is 16.3 Å². The third kappa shape index (κ3) is 3.70. The monoisotopic (exact) mass is 277 g/mol. The Balaban J connectivity index is 1.83. The van der Waals surface area contributed by atoms with Crippen molar-refractivity contribution < 1.29 is 0 Å². The number of rotatable bonds is 2. The molecule has 1 aliphatic rings. The molecule has 1 saturated heterocycles. The molecule has 1 aromatic rings. The molecule has 1 aromatic carbocycles. The van der Waals surface area contributed by atoms with Gasteiger partial charge in [0.25, 0.3) is 0 Å². The molecule has 0 saturated carbocycles. The quantitative estimate of drug-likeness (QED) is 0.837. The highest BCUT2D eigenvalue weighted by Gasteiger charge is 2.13. The fourth-order valence-corrected chi connectivity index (χ4v) is 2.97. The second kappa shape index (κ2) is 6.74. The molecule has 0 atom stereocenters. The van der Waals surface area contributed by atoms with E-state index in [1.165, 1.54) is 5.56 Å². The SMILES string of the molecule is N#Cc1ccc(CSC(=S)N2CCNCC2)cc1. The van der Waals surface area contributed by atoms with Crippen molar-refractivity contribution in [3.05, 3.63) is 35.4 Å². The summed E-state index contributed by atoms with van der Waals surface area (Å²) in [7, 11) is 0. The molecule has 18 heavy (non-hydrogen) atoms. The minimum Gasteiger partial charge on any atom is -0.355 e. The number of piperazine rings is 1. The van der Waals surface area contributed by atoms with Gasteiger partial charge in [-0.3, -0.25) is 0 Å². The van der Waals surface area contributed by atoms with E-state index in [0.717, 1.165) is 36.3 Å². The average Bonchev–Trinajstić information content (AvgIpc) is 2.46. The largest absolute Gasteiger partial charge is 0.355 e. The molecule has 0 aromatic heterocycles. The zero-order chi connectivity index (χ0) is 12.8. The van der Waals surface area contributed by atoms with Crippen molar-refractivity contribution in [1.29, 1.82) is 5.26 Å². The maximum absolute atomic E-state index is 8.73. The average molecular weight is 277 g/mol. The first-order chi connectivity index (χ1) is 8.79. The van der Waals surface area contributed by atoms with Crippen LogP contribution in [0, 0.1) is 11.3 Å². The van der Waals surface area contributed by atoms with E-state index in [1.807, 2.05) is 24.3 Å². The van der Waals surface area contributed by atoms with E-state index in [0.29, 0.717) is 5.56 Å². The van der Waals surface area contributed by atoms with Gasteiger partial charge in [0.2, 0.25) is 0 Å². The Morgan fingerprint density at radius 2 is 2.00 bits per heavy atom. The zero-order valence-electron chi connectivity index (χ0n) is 10.1. The predicted octanol–water partition coefficient (Wildman–Crippen LogP) is 1.98. The van der Waals surface area contributed by atoms with Crippen LogP contribution in [0.5, 0.6) is 0 Å². The van der Waals surface area contributed by atoms with Crippen LogP contribution in [0.4, 0.5) is 0 Å². The van der Waals surface area contributed by atoms with Crippen LogP contribution in [0.3, 0.4) is 0 Å². The summed E-state index contributed by atoms with van der Waals surface area (Å²) in [6.07, 6.45) is 0. The lowest BCUT2D eigenvalue weighted by Gasteiger charge is -2.29. The lowest BCUT2D eigenvalue weighted by atomic mass is 10.2. The van der Waals surface area contributed by atoms with E-state index in [9.17, 15) is 0 Å². The molecule has 0 bridgehead atoms. The molecule has 1 heterocycles. The number of nitrogens with one attached hydrogen (secondary N) is 1. The van der Waals surface area contributed by atoms with Gasteiger partial charge in [-0.1, -0.05) is 36.1 Å². The Labute approximate surface area is 117 Å². The third-order valence-corrected chi connectivity index (χ3v) is 4.42. The number of thiocarbonyl (C=S) groups is 1. The fourth-order valence-electron chi connectivity index (χ4n) is 1.76. The van der Waals surface area contributed by atoms with Gasteiger partial charge in [0.1, 0.15) is 4.32 Å². The highest BCUT2D eigenvalue weighted by molar-refractivity contribution is 8.22. The van der Waals surface area contributed by atoms with Crippen molar-refractivity contribution in [1.82, 2.24) is 10.2 Å². The number of benzene rings is 1. The maximum atomic E-state index is 8.73. The lowest BCUT2D eigenvalue weighted by Crippen LogP contribution is -2.44. The first kappa shape index (κ1) is 13.3. The molecule has 0 amide bonds. The molecular formula is C13H15N3S2. The Kier molecular flexibility index (Phi) is 5.00. The summed E-state index contributed by atoms with van der Waals surface area (Å²) in [4.78, 5) is 2.25. The van der Waals surface area contributed by atoms with Crippen LogP contribution in [0.2, 0.25) is 0 Å². The van der Waals surface area contributed by atoms with Crippen molar-refractivity contribution in [3.63, 3.8) is 0 Å². The van der Waals surface area contributed by atoms with Crippen LogP contribution >= 0.6 is 24.0 Å². The van der Waals surface area contributed by atoms with Crippen LogP contribution in [-0.4, -0.2) is 35.4 Å². The first-order valence-electron chi connectivity index (χ1n) is 5.91. The summed E-state index contributed by atoms with van der Waals surface area (Å²) in [5.41, 5.74) is 1.91. The second-order valence-corrected chi connectivity index (χ2v) is 5.71. The fraction of sp³-hybridized carbons (Fsp3) is 0.385. The zero-order valence-corrected chi connectivity index (χ0v) is 11.7. The standard InChI is InChI=1S/C13H15N3S2/c14-9-11-1-3-12(4-2-11)10-18-13(17)16-7-5-15-6-8-16/h1-4,15H,5-8,10H2. The number of nitrogens with zero attached hydrogens (tertiary/aromatic N) is 2. The molecule has 1 fully saturated rings. The normalized spacial score (nSPS) is 15.2. The number of thioether (sulfide) groups is 1. The highest BCUT2D eigenvalue weighted by atomic mass is 32.2. The van der Waals surface area contributed by atoms with Crippen LogP contribution < -0.4 is 5.32 Å². The molecule has 0 radical (unpaired) electrons. The van der Waals surface area contributed by atoms with Gasteiger partial charge in [-0.15, -0.1) is 0 Å². The van der Waals surface area contributed by atoms with Crippen LogP contribution in [-0.2, 0) is 5.75 Å². The molecule has 3 nitrogen and oxygen atoms in total. The Bertz CT molecular complexity index is 444. The summed E-state index contributed by atoms with van der Waals surface area (Å²) >= 11 is 7.13. The van der Waals surface area contributed by atoms with Crippen molar-refractivity contribution in [2.24, 2.45) is 0 Å². The van der Waals surface area contributed by atoms with E-state index < -0.39 is 0 Å². The van der Waals surface area contributed by atoms with Crippen molar-refractivity contribution in [2.45, 2.75) is 5.75 Å². The minimum atomic E-state index is 0.702. The summed E-state index contributed by atoms with van der Waals surface area (Å²) in [6.45, 7) is 4.02. The lowest BCUT2D eigenvalue weighted by molar-refractivity contribution is 0.368. The molecule has 0 spiro atoms. The molecule has 1 N–H and O–H groups in total. The molecule has 94 valence electrons. The smallest absolute Gasteiger partial charge is 0.136 e. The summed E-state index contributed by atoms with van der Waals surface area (Å²) in [5, 5.41) is 12.0. The Morgan fingerprint density at radius 1 is 1.33 bits per heavy atom. The Morgan fingerprint density at radius 3 is 2.61 bits per heavy atom. The van der Waals surface area contributed by atoms with Gasteiger partial charge in [0, 0.05) is 31.9 Å². The summed E-state index contributed by atoms with van der Waals surface area (Å²) in [5.74, 6) is 0.870. The number of hydrogen-bond acceptors (Lipinski definition) is 4. The van der Waals surface area contributed by atoms with Crippen molar-refractivity contribution in [2.75, 3.05) is 26.2 Å². The van der Waals surface area contributed by atoms with Gasteiger partial charge in [0.05, 0.1) is 11.6 Å². The number of nitriles is 1. The van der Waals surface area contributed by atoms with Crippen LogP contribution in [0.25, 0.3) is 0 Å². The molecule has 5 heteroatoms. The first-order valence-corrected chi connectivity index (χ1v) is 7.30. The van der Waals surface area contributed by atoms with Crippen molar-refractivity contribution in [3.8, 4) is 6.07 Å². The molecule has 1 aliphatic heterocycles. The van der Waals surface area contributed by atoms with E-state index in [4.69, 9.17) is 17.5 Å². The van der Waals surface area contributed by atoms with Gasteiger partial charge in [-0.2, -0.15) is 5.26 Å². The second-order valence-electron chi connectivity index (χ2n) is 4.10. The van der Waals surface area contributed by atoms with E-state index >= 15 is 0 Å². The van der Waals surface area contributed by atoms with Crippen LogP contribution in [0.1, 0.15) is 11.1 Å². The van der Waals surface area contributed by atoms with Gasteiger partial charge in [-0.25, -0.2) is 0 Å². The minimum absolute atomic E-state index is 0.702. The summed E-state index contributed by atoms with van der Waals surface area (Å²) < 4.78 is 0.973.